The third kappa shape index (κ3) is 6.63. The van der Waals surface area contributed by atoms with Gasteiger partial charge in [-0.2, -0.15) is 13.2 Å². The van der Waals surface area contributed by atoms with E-state index in [2.05, 4.69) is 20.6 Å². The van der Waals surface area contributed by atoms with Crippen molar-refractivity contribution in [3.05, 3.63) is 82.0 Å². The van der Waals surface area contributed by atoms with Gasteiger partial charge in [-0.3, -0.25) is 14.2 Å². The van der Waals surface area contributed by atoms with Crippen LogP contribution in [0.2, 0.25) is 0 Å². The maximum atomic E-state index is 13.0. The zero-order chi connectivity index (χ0) is 29.2. The number of benzene rings is 2. The van der Waals surface area contributed by atoms with Gasteiger partial charge < -0.3 is 16.4 Å². The molecule has 3 rings (SSSR count). The molecule has 0 aliphatic carbocycles. The van der Waals surface area contributed by atoms with Crippen LogP contribution in [0.4, 0.5) is 30.2 Å². The van der Waals surface area contributed by atoms with Crippen molar-refractivity contribution >= 4 is 38.6 Å². The molecule has 0 aliphatic rings. The summed E-state index contributed by atoms with van der Waals surface area (Å²) in [6, 6.07) is 10.3. The van der Waals surface area contributed by atoms with Crippen LogP contribution >= 0.6 is 0 Å². The SMILES string of the molecule is CNc1c(C(N)=Nc2ccc(C(F)(F)F)cc2)ncn(CC(=O)Nc2ccc(C(C)(C)S(C)(=O)=O)cc2)c1=O. The molecule has 10 nitrogen and oxygen atoms in total. The summed E-state index contributed by atoms with van der Waals surface area (Å²) in [5.74, 6) is -0.764. The van der Waals surface area contributed by atoms with Gasteiger partial charge in [-0.15, -0.1) is 0 Å². The number of sulfone groups is 1. The number of nitrogens with two attached hydrogens (primary N) is 1. The Balaban J connectivity index is 1.78. The summed E-state index contributed by atoms with van der Waals surface area (Å²) in [4.78, 5) is 33.7. The Labute approximate surface area is 222 Å². The van der Waals surface area contributed by atoms with Gasteiger partial charge in [-0.1, -0.05) is 12.1 Å². The molecule has 3 aromatic rings. The van der Waals surface area contributed by atoms with Crippen molar-refractivity contribution in [2.45, 2.75) is 31.3 Å². The highest BCUT2D eigenvalue weighted by atomic mass is 32.2. The molecule has 0 bridgehead atoms. The van der Waals surface area contributed by atoms with Gasteiger partial charge >= 0.3 is 6.18 Å². The maximum Gasteiger partial charge on any atom is 0.416 e. The van der Waals surface area contributed by atoms with Gasteiger partial charge in [0.1, 0.15) is 17.9 Å². The van der Waals surface area contributed by atoms with Crippen LogP contribution < -0.4 is 21.9 Å². The van der Waals surface area contributed by atoms with Crippen LogP contribution in [0.3, 0.4) is 0 Å². The summed E-state index contributed by atoms with van der Waals surface area (Å²) in [7, 11) is -1.93. The number of anilines is 2. The average Bonchev–Trinajstić information content (AvgIpc) is 2.84. The number of aliphatic imine (C=N–C) groups is 1. The molecule has 0 radical (unpaired) electrons. The number of nitrogens with one attached hydrogen (secondary N) is 2. The quantitative estimate of drug-likeness (QED) is 0.281. The van der Waals surface area contributed by atoms with Gasteiger partial charge in [0.25, 0.3) is 5.56 Å². The lowest BCUT2D eigenvalue weighted by Gasteiger charge is -2.23. The number of amides is 1. The van der Waals surface area contributed by atoms with Gasteiger partial charge in [0.05, 0.1) is 22.3 Å². The molecule has 0 aliphatic heterocycles. The average molecular weight is 565 g/mol. The Bertz CT molecular complexity index is 1560. The van der Waals surface area contributed by atoms with Crippen molar-refractivity contribution in [3.63, 3.8) is 0 Å². The fraction of sp³-hybridized carbons (Fsp3) is 0.280. The van der Waals surface area contributed by atoms with E-state index in [1.807, 2.05) is 0 Å². The molecule has 0 saturated heterocycles. The van der Waals surface area contributed by atoms with Crippen molar-refractivity contribution in [1.82, 2.24) is 9.55 Å². The van der Waals surface area contributed by atoms with E-state index < -0.39 is 44.3 Å². The van der Waals surface area contributed by atoms with Crippen LogP contribution in [0.5, 0.6) is 0 Å². The number of amidine groups is 1. The zero-order valence-corrected chi connectivity index (χ0v) is 22.3. The third-order valence-corrected chi connectivity index (χ3v) is 8.17. The lowest BCUT2D eigenvalue weighted by atomic mass is 10.0. The van der Waals surface area contributed by atoms with Gasteiger partial charge in [0, 0.05) is 19.0 Å². The first-order valence-electron chi connectivity index (χ1n) is 11.4. The highest BCUT2D eigenvalue weighted by molar-refractivity contribution is 7.91. The summed E-state index contributed by atoms with van der Waals surface area (Å²) in [5.41, 5.74) is 5.47. The van der Waals surface area contributed by atoms with Crippen LogP contribution in [-0.4, -0.2) is 43.0 Å². The Morgan fingerprint density at radius 1 is 1.05 bits per heavy atom. The Morgan fingerprint density at radius 3 is 2.13 bits per heavy atom. The van der Waals surface area contributed by atoms with Crippen molar-refractivity contribution in [2.24, 2.45) is 10.7 Å². The predicted octanol–water partition coefficient (Wildman–Crippen LogP) is 3.26. The molecule has 1 heterocycles. The van der Waals surface area contributed by atoms with Crippen LogP contribution in [0, 0.1) is 0 Å². The number of hydrogen-bond donors (Lipinski definition) is 3. The zero-order valence-electron chi connectivity index (χ0n) is 21.5. The largest absolute Gasteiger partial charge is 0.416 e. The molecule has 0 atom stereocenters. The highest BCUT2D eigenvalue weighted by Gasteiger charge is 2.32. The summed E-state index contributed by atoms with van der Waals surface area (Å²) in [6.45, 7) is 2.77. The molecule has 0 fully saturated rings. The van der Waals surface area contributed by atoms with Crippen molar-refractivity contribution in [3.8, 4) is 0 Å². The van der Waals surface area contributed by atoms with Crippen molar-refractivity contribution in [2.75, 3.05) is 23.9 Å². The fourth-order valence-electron chi connectivity index (χ4n) is 3.46. The van der Waals surface area contributed by atoms with Crippen LogP contribution in [0.1, 0.15) is 30.7 Å². The first-order valence-corrected chi connectivity index (χ1v) is 13.3. The number of carbonyl (C=O) groups is 1. The number of halogens is 3. The minimum Gasteiger partial charge on any atom is -0.382 e. The smallest absolute Gasteiger partial charge is 0.382 e. The third-order valence-electron chi connectivity index (χ3n) is 6.08. The molecular weight excluding hydrogens is 537 g/mol. The number of aromatic nitrogens is 2. The molecule has 1 amide bonds. The molecule has 4 N–H and O–H groups in total. The van der Waals surface area contributed by atoms with Gasteiger partial charge in [0.2, 0.25) is 5.91 Å². The molecule has 0 unspecified atom stereocenters. The van der Waals surface area contributed by atoms with Crippen molar-refractivity contribution in [1.29, 1.82) is 0 Å². The minimum absolute atomic E-state index is 0.0388. The summed E-state index contributed by atoms with van der Waals surface area (Å²) >= 11 is 0. The number of rotatable bonds is 8. The first kappa shape index (κ1) is 29.4. The molecule has 208 valence electrons. The Morgan fingerprint density at radius 2 is 1.62 bits per heavy atom. The number of hydrogen-bond acceptors (Lipinski definition) is 7. The Kier molecular flexibility index (Phi) is 8.19. The lowest BCUT2D eigenvalue weighted by Crippen LogP contribution is -2.32. The summed E-state index contributed by atoms with van der Waals surface area (Å²) in [5, 5.41) is 5.30. The van der Waals surface area contributed by atoms with Gasteiger partial charge in [-0.25, -0.2) is 18.4 Å². The van der Waals surface area contributed by atoms with E-state index in [4.69, 9.17) is 5.73 Å². The first-order chi connectivity index (χ1) is 18.0. The number of alkyl halides is 3. The van der Waals surface area contributed by atoms with E-state index in [-0.39, 0.29) is 22.9 Å². The predicted molar refractivity (Wildman–Crippen MR) is 143 cm³/mol. The number of carbonyl (C=O) groups excluding carboxylic acids is 1. The molecule has 14 heteroatoms. The van der Waals surface area contributed by atoms with E-state index in [0.717, 1.165) is 41.4 Å². The molecule has 0 spiro atoms. The normalized spacial score (nSPS) is 12.7. The van der Waals surface area contributed by atoms with Crippen LogP contribution in [0.15, 0.2) is 64.6 Å². The summed E-state index contributed by atoms with van der Waals surface area (Å²) in [6.07, 6.45) is -2.25. The lowest BCUT2D eigenvalue weighted by molar-refractivity contribution is -0.137. The van der Waals surface area contributed by atoms with E-state index in [0.29, 0.717) is 11.3 Å². The molecule has 1 aromatic heterocycles. The Hall–Kier alpha value is -4.20. The van der Waals surface area contributed by atoms with E-state index in [1.165, 1.54) is 7.05 Å². The van der Waals surface area contributed by atoms with Gasteiger partial charge in [-0.05, 0) is 55.8 Å². The molecular formula is C25H27F3N6O4S. The monoisotopic (exact) mass is 564 g/mol. The molecule has 39 heavy (non-hydrogen) atoms. The highest BCUT2D eigenvalue weighted by Crippen LogP contribution is 2.31. The second-order valence-electron chi connectivity index (χ2n) is 9.10. The summed E-state index contributed by atoms with van der Waals surface area (Å²) < 4.78 is 62.3. The fourth-order valence-corrected chi connectivity index (χ4v) is 4.03. The second kappa shape index (κ2) is 10.9. The van der Waals surface area contributed by atoms with Crippen molar-refractivity contribution < 1.29 is 26.4 Å². The molecule has 2 aromatic carbocycles. The van der Waals surface area contributed by atoms with Gasteiger partial charge in [0.15, 0.2) is 15.7 Å². The topological polar surface area (TPSA) is 149 Å². The van der Waals surface area contributed by atoms with E-state index >= 15 is 0 Å². The minimum atomic E-state index is -4.50. The van der Waals surface area contributed by atoms with Crippen LogP contribution in [-0.2, 0) is 32.1 Å². The van der Waals surface area contributed by atoms with Crippen LogP contribution in [0.25, 0.3) is 0 Å². The number of nitrogens with zero attached hydrogens (tertiary/aromatic N) is 3. The van der Waals surface area contributed by atoms with E-state index in [9.17, 15) is 31.2 Å². The standard InChI is InChI=1S/C25H27F3N6O4S/c1-24(2,39(4,37)38)15-5-9-17(10-6-15)32-19(35)13-34-14-31-20(21(30-3)23(34)36)22(29)33-18-11-7-16(8-12-18)25(26,27)28/h5-12,14,30H,13H2,1-4H3,(H2,29,33)(H,32,35). The molecule has 0 saturated carbocycles. The maximum absolute atomic E-state index is 13.0. The van der Waals surface area contributed by atoms with E-state index in [1.54, 1.807) is 38.1 Å². The second-order valence-corrected chi connectivity index (χ2v) is 11.7.